The number of carbonyl (C=O) groups is 1. The summed E-state index contributed by atoms with van der Waals surface area (Å²) in [4.78, 5) is 11.3. The lowest BCUT2D eigenvalue weighted by atomic mass is 9.95. The third-order valence-corrected chi connectivity index (χ3v) is 2.75. The van der Waals surface area contributed by atoms with Crippen LogP contribution in [0.3, 0.4) is 0 Å². The van der Waals surface area contributed by atoms with Gasteiger partial charge in [0.05, 0.1) is 0 Å². The van der Waals surface area contributed by atoms with E-state index >= 15 is 0 Å². The molecule has 1 aromatic carbocycles. The average molecular weight is 192 g/mol. The van der Waals surface area contributed by atoms with Crippen molar-refractivity contribution in [3.8, 4) is 0 Å². The summed E-state index contributed by atoms with van der Waals surface area (Å²) >= 11 is 0. The number of hydrogen-bond donors (Lipinski definition) is 2. The average Bonchev–Trinajstić information content (AvgIpc) is 2.54. The summed E-state index contributed by atoms with van der Waals surface area (Å²) < 4.78 is 0. The summed E-state index contributed by atoms with van der Waals surface area (Å²) in [6.45, 7) is -0.593. The zero-order valence-electron chi connectivity index (χ0n) is 7.73. The molecule has 0 aromatic heterocycles. The highest BCUT2D eigenvalue weighted by Gasteiger charge is 2.40. The van der Waals surface area contributed by atoms with Crippen LogP contribution in [0, 0.1) is 0 Å². The van der Waals surface area contributed by atoms with E-state index in [2.05, 4.69) is 0 Å². The van der Waals surface area contributed by atoms with Crippen molar-refractivity contribution in [1.29, 1.82) is 0 Å². The molecule has 1 aliphatic carbocycles. The molecule has 0 spiro atoms. The van der Waals surface area contributed by atoms with Gasteiger partial charge in [0.25, 0.3) is 0 Å². The second-order valence-corrected chi connectivity index (χ2v) is 3.74. The van der Waals surface area contributed by atoms with Gasteiger partial charge in [-0.3, -0.25) is 4.79 Å². The molecule has 2 rings (SSSR count). The number of carbonyl (C=O) groups excluding carboxylic acids is 1. The number of Topliss-reactive ketones (excluding diaryl/α,β-unsaturated/α-hetero) is 1. The Balaban J connectivity index is 2.30. The van der Waals surface area contributed by atoms with Crippen LogP contribution in [0.25, 0.3) is 0 Å². The van der Waals surface area contributed by atoms with Gasteiger partial charge in [-0.05, 0) is 11.1 Å². The van der Waals surface area contributed by atoms with E-state index < -0.39 is 18.0 Å². The predicted molar refractivity (Wildman–Crippen MR) is 50.9 cm³/mol. The van der Waals surface area contributed by atoms with Crippen LogP contribution < -0.4 is 0 Å². The lowest BCUT2D eigenvalue weighted by Gasteiger charge is -2.18. The van der Waals surface area contributed by atoms with E-state index in [4.69, 9.17) is 5.11 Å². The largest absolute Gasteiger partial charge is 0.388 e. The van der Waals surface area contributed by atoms with Gasteiger partial charge in [0.1, 0.15) is 12.2 Å². The molecule has 0 unspecified atom stereocenters. The fourth-order valence-electron chi connectivity index (χ4n) is 1.94. The van der Waals surface area contributed by atoms with Crippen molar-refractivity contribution in [2.24, 2.45) is 0 Å². The molecule has 3 heteroatoms. The standard InChI is InChI=1S/C11H12O3/c12-7-10(13)11(14)5-8-3-1-2-4-9(8)6-11/h1-4,12,14H,5-7H2. The van der Waals surface area contributed by atoms with Gasteiger partial charge in [0.15, 0.2) is 5.78 Å². The number of benzene rings is 1. The third-order valence-electron chi connectivity index (χ3n) is 2.75. The lowest BCUT2D eigenvalue weighted by Crippen LogP contribution is -2.41. The monoisotopic (exact) mass is 192 g/mol. The third kappa shape index (κ3) is 1.35. The van der Waals surface area contributed by atoms with E-state index in [9.17, 15) is 9.90 Å². The maximum absolute atomic E-state index is 11.3. The van der Waals surface area contributed by atoms with E-state index in [1.807, 2.05) is 24.3 Å². The van der Waals surface area contributed by atoms with Gasteiger partial charge < -0.3 is 10.2 Å². The van der Waals surface area contributed by atoms with Crippen molar-refractivity contribution < 1.29 is 15.0 Å². The zero-order valence-corrected chi connectivity index (χ0v) is 7.73. The molecule has 0 radical (unpaired) electrons. The van der Waals surface area contributed by atoms with Gasteiger partial charge in [-0.25, -0.2) is 0 Å². The van der Waals surface area contributed by atoms with Crippen molar-refractivity contribution in [3.05, 3.63) is 35.4 Å². The Kier molecular flexibility index (Phi) is 2.13. The Bertz CT molecular complexity index is 346. The fourth-order valence-corrected chi connectivity index (χ4v) is 1.94. The second kappa shape index (κ2) is 3.19. The van der Waals surface area contributed by atoms with Crippen LogP contribution in [0.1, 0.15) is 11.1 Å². The highest BCUT2D eigenvalue weighted by molar-refractivity contribution is 5.89. The van der Waals surface area contributed by atoms with Gasteiger partial charge in [0, 0.05) is 12.8 Å². The number of fused-ring (bicyclic) bond motifs is 1. The van der Waals surface area contributed by atoms with Crippen LogP contribution in [0.2, 0.25) is 0 Å². The lowest BCUT2D eigenvalue weighted by molar-refractivity contribution is -0.139. The number of aliphatic hydroxyl groups excluding tert-OH is 1. The normalized spacial score (nSPS) is 17.9. The summed E-state index contributed by atoms with van der Waals surface area (Å²) in [5.74, 6) is -0.492. The Hall–Kier alpha value is -1.19. The van der Waals surface area contributed by atoms with Crippen molar-refractivity contribution in [2.45, 2.75) is 18.4 Å². The molecule has 0 saturated heterocycles. The minimum atomic E-state index is -1.38. The molecule has 1 aromatic rings. The minimum absolute atomic E-state index is 0.322. The maximum atomic E-state index is 11.3. The SMILES string of the molecule is O=C(CO)C1(O)Cc2ccccc2C1. The van der Waals surface area contributed by atoms with Crippen molar-refractivity contribution in [1.82, 2.24) is 0 Å². The second-order valence-electron chi connectivity index (χ2n) is 3.74. The van der Waals surface area contributed by atoms with E-state index in [1.54, 1.807) is 0 Å². The highest BCUT2D eigenvalue weighted by atomic mass is 16.3. The quantitative estimate of drug-likeness (QED) is 0.697. The van der Waals surface area contributed by atoms with E-state index in [0.717, 1.165) is 11.1 Å². The number of hydrogen-bond acceptors (Lipinski definition) is 3. The van der Waals surface area contributed by atoms with E-state index in [1.165, 1.54) is 0 Å². The van der Waals surface area contributed by atoms with Gasteiger partial charge in [-0.15, -0.1) is 0 Å². The summed E-state index contributed by atoms with van der Waals surface area (Å²) in [6, 6.07) is 7.57. The molecular weight excluding hydrogens is 180 g/mol. The molecule has 0 aliphatic heterocycles. The minimum Gasteiger partial charge on any atom is -0.388 e. The smallest absolute Gasteiger partial charge is 0.190 e. The topological polar surface area (TPSA) is 57.5 Å². The number of aliphatic hydroxyl groups is 2. The van der Waals surface area contributed by atoms with Gasteiger partial charge in [-0.1, -0.05) is 24.3 Å². The first kappa shape index (κ1) is 9.37. The summed E-state index contributed by atoms with van der Waals surface area (Å²) in [7, 11) is 0. The number of ketones is 1. The zero-order chi connectivity index (χ0) is 10.2. The molecule has 2 N–H and O–H groups in total. The molecule has 0 amide bonds. The predicted octanol–water partition coefficient (Wildman–Crippen LogP) is 0.0777. The maximum Gasteiger partial charge on any atom is 0.190 e. The van der Waals surface area contributed by atoms with Crippen LogP contribution in [0.5, 0.6) is 0 Å². The summed E-state index contributed by atoms with van der Waals surface area (Å²) in [5, 5.41) is 18.7. The van der Waals surface area contributed by atoms with Gasteiger partial charge in [0.2, 0.25) is 0 Å². The molecule has 74 valence electrons. The Morgan fingerprint density at radius 2 is 1.79 bits per heavy atom. The number of rotatable bonds is 2. The molecule has 0 saturated carbocycles. The summed E-state index contributed by atoms with van der Waals surface area (Å²) in [6.07, 6.45) is 0.644. The molecule has 14 heavy (non-hydrogen) atoms. The van der Waals surface area contributed by atoms with Crippen molar-refractivity contribution in [2.75, 3.05) is 6.61 Å². The highest BCUT2D eigenvalue weighted by Crippen LogP contribution is 2.30. The van der Waals surface area contributed by atoms with Crippen molar-refractivity contribution >= 4 is 5.78 Å². The molecule has 1 aliphatic rings. The van der Waals surface area contributed by atoms with Crippen LogP contribution in [0.4, 0.5) is 0 Å². The molecule has 3 nitrogen and oxygen atoms in total. The van der Waals surface area contributed by atoms with E-state index in [-0.39, 0.29) is 0 Å². The van der Waals surface area contributed by atoms with Crippen LogP contribution >= 0.6 is 0 Å². The molecule has 0 bridgehead atoms. The first-order valence-corrected chi connectivity index (χ1v) is 4.59. The van der Waals surface area contributed by atoms with Gasteiger partial charge >= 0.3 is 0 Å². The van der Waals surface area contributed by atoms with Crippen LogP contribution in [0.15, 0.2) is 24.3 Å². The van der Waals surface area contributed by atoms with Crippen molar-refractivity contribution in [3.63, 3.8) is 0 Å². The molecular formula is C11H12O3. The van der Waals surface area contributed by atoms with Crippen LogP contribution in [-0.4, -0.2) is 28.2 Å². The molecule has 0 heterocycles. The Morgan fingerprint density at radius 3 is 2.21 bits per heavy atom. The fraction of sp³-hybridized carbons (Fsp3) is 0.364. The molecule has 0 atom stereocenters. The Labute approximate surface area is 82.0 Å². The Morgan fingerprint density at radius 1 is 1.29 bits per heavy atom. The summed E-state index contributed by atoms with van der Waals surface area (Å²) in [5.41, 5.74) is 0.618. The molecule has 0 fully saturated rings. The first-order valence-electron chi connectivity index (χ1n) is 4.59. The van der Waals surface area contributed by atoms with Gasteiger partial charge in [-0.2, -0.15) is 0 Å². The first-order chi connectivity index (χ1) is 6.65. The van der Waals surface area contributed by atoms with E-state index in [0.29, 0.717) is 12.8 Å². The van der Waals surface area contributed by atoms with Crippen LogP contribution in [-0.2, 0) is 17.6 Å².